The number of rotatable bonds is 7. The number of anilines is 2. The van der Waals surface area contributed by atoms with E-state index in [2.05, 4.69) is 20.2 Å². The van der Waals surface area contributed by atoms with Crippen LogP contribution < -0.4 is 15.8 Å². The Balaban J connectivity index is 0.00000115. The van der Waals surface area contributed by atoms with Gasteiger partial charge in [-0.3, -0.25) is 14.5 Å². The average Bonchev–Trinajstić information content (AvgIpc) is 3.46. The van der Waals surface area contributed by atoms with Gasteiger partial charge < -0.3 is 26.0 Å². The van der Waals surface area contributed by atoms with Crippen molar-refractivity contribution in [2.75, 3.05) is 31.2 Å². The molecule has 0 saturated carbocycles. The summed E-state index contributed by atoms with van der Waals surface area (Å²) in [6.45, 7) is 3.52. The Morgan fingerprint density at radius 3 is 2.34 bits per heavy atom. The van der Waals surface area contributed by atoms with Gasteiger partial charge in [0.1, 0.15) is 29.4 Å². The van der Waals surface area contributed by atoms with Crippen LogP contribution in [0.4, 0.5) is 29.1 Å². The van der Waals surface area contributed by atoms with Crippen LogP contribution in [0.25, 0.3) is 28.0 Å². The molecule has 1 aliphatic rings. The predicted octanol–water partition coefficient (Wildman–Crippen LogP) is 5.53. The van der Waals surface area contributed by atoms with Crippen LogP contribution in [0.3, 0.4) is 0 Å². The van der Waals surface area contributed by atoms with E-state index >= 15 is 0 Å². The highest BCUT2D eigenvalue weighted by Crippen LogP contribution is 2.36. The molecule has 2 aromatic heterocycles. The van der Waals surface area contributed by atoms with Crippen LogP contribution in [0.5, 0.6) is 5.75 Å². The molecular weight excluding hydrogens is 662 g/mol. The number of carbonyl (C=O) groups excluding carboxylic acids is 1. The molecule has 1 fully saturated rings. The highest BCUT2D eigenvalue weighted by molar-refractivity contribution is 6.06. The minimum atomic E-state index is -4.75. The Morgan fingerprint density at radius 2 is 1.72 bits per heavy atom. The SMILES string of the molecule is CC(=O)O.COc1cc(-c2nn(-c3ccc(CN4CCC(O)CC4)cc3)c3ncnc(N)c23)ccc1NC(=O)c1ccc(C(F)(F)F)cc1F. The molecule has 5 aromatic rings. The number of nitrogens with zero attached hydrogens (tertiary/aromatic N) is 5. The van der Waals surface area contributed by atoms with E-state index in [1.54, 1.807) is 16.8 Å². The van der Waals surface area contributed by atoms with Crippen molar-refractivity contribution in [3.8, 4) is 22.7 Å². The van der Waals surface area contributed by atoms with Crippen molar-refractivity contribution in [1.29, 1.82) is 0 Å². The van der Waals surface area contributed by atoms with Crippen molar-refractivity contribution in [2.24, 2.45) is 0 Å². The van der Waals surface area contributed by atoms with E-state index in [4.69, 9.17) is 25.5 Å². The van der Waals surface area contributed by atoms with Crippen molar-refractivity contribution >= 4 is 34.4 Å². The molecule has 50 heavy (non-hydrogen) atoms. The molecule has 12 nitrogen and oxygen atoms in total. The van der Waals surface area contributed by atoms with Gasteiger partial charge in [-0.15, -0.1) is 0 Å². The van der Waals surface area contributed by atoms with Crippen molar-refractivity contribution in [1.82, 2.24) is 24.6 Å². The molecule has 0 aliphatic carbocycles. The zero-order valence-electron chi connectivity index (χ0n) is 26.9. The normalized spacial score (nSPS) is 13.8. The number of piperidine rings is 1. The number of nitrogens with two attached hydrogens (primary N) is 1. The lowest BCUT2D eigenvalue weighted by Gasteiger charge is -2.29. The van der Waals surface area contributed by atoms with E-state index < -0.39 is 35.0 Å². The third-order valence-electron chi connectivity index (χ3n) is 7.90. The molecular formula is C34H33F4N7O5. The Kier molecular flexibility index (Phi) is 10.6. The molecule has 3 heterocycles. The van der Waals surface area contributed by atoms with Crippen LogP contribution in [0, 0.1) is 5.82 Å². The highest BCUT2D eigenvalue weighted by Gasteiger charge is 2.32. The highest BCUT2D eigenvalue weighted by atomic mass is 19.4. The molecule has 262 valence electrons. The third kappa shape index (κ3) is 8.15. The number of carbonyl (C=O) groups is 2. The van der Waals surface area contributed by atoms with E-state index in [0.717, 1.165) is 56.7 Å². The summed E-state index contributed by atoms with van der Waals surface area (Å²) in [6, 6.07) is 14.3. The first kappa shape index (κ1) is 35.7. The number of carboxylic acid groups (broad SMARTS) is 1. The maximum atomic E-state index is 14.4. The van der Waals surface area contributed by atoms with Crippen molar-refractivity contribution in [2.45, 2.75) is 38.6 Å². The summed E-state index contributed by atoms with van der Waals surface area (Å²) in [6.07, 6.45) is -2.11. The second kappa shape index (κ2) is 14.9. The first-order chi connectivity index (χ1) is 23.7. The summed E-state index contributed by atoms with van der Waals surface area (Å²) in [5.41, 5.74) is 7.98. The summed E-state index contributed by atoms with van der Waals surface area (Å²) < 4.78 is 60.4. The third-order valence-corrected chi connectivity index (χ3v) is 7.90. The van der Waals surface area contributed by atoms with E-state index in [1.807, 2.05) is 24.3 Å². The van der Waals surface area contributed by atoms with Gasteiger partial charge >= 0.3 is 6.18 Å². The van der Waals surface area contributed by atoms with Crippen LogP contribution in [0.2, 0.25) is 0 Å². The van der Waals surface area contributed by atoms with Gasteiger partial charge in [-0.1, -0.05) is 18.2 Å². The van der Waals surface area contributed by atoms with Crippen molar-refractivity contribution in [3.05, 3.63) is 89.5 Å². The zero-order chi connectivity index (χ0) is 36.2. The largest absolute Gasteiger partial charge is 0.495 e. The van der Waals surface area contributed by atoms with Gasteiger partial charge in [0, 0.05) is 32.1 Å². The quantitative estimate of drug-likeness (QED) is 0.159. The molecule has 5 N–H and O–H groups in total. The summed E-state index contributed by atoms with van der Waals surface area (Å²) in [5.74, 6) is -2.71. The van der Waals surface area contributed by atoms with Crippen LogP contribution in [-0.4, -0.2) is 73.0 Å². The number of likely N-dealkylation sites (tertiary alicyclic amines) is 1. The molecule has 0 unspecified atom stereocenters. The van der Waals surface area contributed by atoms with Gasteiger partial charge in [0.25, 0.3) is 11.9 Å². The van der Waals surface area contributed by atoms with Gasteiger partial charge in [0.05, 0.1) is 41.1 Å². The van der Waals surface area contributed by atoms with Crippen LogP contribution in [0.15, 0.2) is 67.0 Å². The van der Waals surface area contributed by atoms with E-state index in [-0.39, 0.29) is 29.4 Å². The number of hydrogen-bond acceptors (Lipinski definition) is 9. The minimum absolute atomic E-state index is 0.155. The summed E-state index contributed by atoms with van der Waals surface area (Å²) in [5, 5.41) is 25.0. The van der Waals surface area contributed by atoms with E-state index in [1.165, 1.54) is 19.5 Å². The zero-order valence-corrected chi connectivity index (χ0v) is 26.9. The number of aliphatic hydroxyl groups is 1. The number of hydrogen-bond donors (Lipinski definition) is 4. The number of aliphatic carboxylic acids is 1. The number of ether oxygens (including phenoxy) is 1. The predicted molar refractivity (Wildman–Crippen MR) is 176 cm³/mol. The van der Waals surface area contributed by atoms with Crippen LogP contribution in [-0.2, 0) is 17.5 Å². The van der Waals surface area contributed by atoms with Gasteiger partial charge in [-0.05, 0) is 60.9 Å². The summed E-state index contributed by atoms with van der Waals surface area (Å²) >= 11 is 0. The molecule has 0 atom stereocenters. The number of amides is 1. The number of fused-ring (bicyclic) bond motifs is 1. The second-order valence-electron chi connectivity index (χ2n) is 11.5. The number of methoxy groups -OCH3 is 1. The molecule has 3 aromatic carbocycles. The van der Waals surface area contributed by atoms with Crippen molar-refractivity contribution < 1.29 is 42.1 Å². The van der Waals surface area contributed by atoms with Gasteiger partial charge in [-0.2, -0.15) is 18.3 Å². The van der Waals surface area contributed by atoms with Crippen LogP contribution in [0.1, 0.15) is 41.3 Å². The maximum absolute atomic E-state index is 14.4. The molecule has 0 bridgehead atoms. The molecule has 1 saturated heterocycles. The fourth-order valence-corrected chi connectivity index (χ4v) is 5.44. The first-order valence-corrected chi connectivity index (χ1v) is 15.3. The monoisotopic (exact) mass is 695 g/mol. The van der Waals surface area contributed by atoms with E-state index in [9.17, 15) is 27.5 Å². The maximum Gasteiger partial charge on any atom is 0.416 e. The van der Waals surface area contributed by atoms with Gasteiger partial charge in [0.2, 0.25) is 0 Å². The number of benzene rings is 3. The Labute approximate surface area is 283 Å². The standard InChI is InChI=1S/C32H29F4N7O3.C2H4O2/c1-46-26-14-19(4-9-25(26)40-31(45)23-8-5-20(15-24(23)33)32(34,35)36)28-27-29(37)38-17-39-30(27)43(41-28)21-6-2-18(3-7-21)16-42-12-10-22(44)11-13-42;1-2(3)4/h2-9,14-15,17,22,44H,10-13,16H2,1H3,(H,40,45)(H2,37,38,39);1H3,(H,3,4). The Morgan fingerprint density at radius 1 is 1.04 bits per heavy atom. The number of halogens is 4. The smallest absolute Gasteiger partial charge is 0.416 e. The van der Waals surface area contributed by atoms with Gasteiger partial charge in [-0.25, -0.2) is 19.0 Å². The van der Waals surface area contributed by atoms with Gasteiger partial charge in [0.15, 0.2) is 5.65 Å². The number of nitrogen functional groups attached to an aromatic ring is 1. The summed E-state index contributed by atoms with van der Waals surface area (Å²) in [7, 11) is 1.37. The Bertz CT molecular complexity index is 2010. The lowest BCUT2D eigenvalue weighted by molar-refractivity contribution is -0.138. The second-order valence-corrected chi connectivity index (χ2v) is 11.5. The topological polar surface area (TPSA) is 169 Å². The summed E-state index contributed by atoms with van der Waals surface area (Å²) in [4.78, 5) is 32.7. The average molecular weight is 696 g/mol. The number of nitrogens with one attached hydrogen (secondary N) is 1. The van der Waals surface area contributed by atoms with E-state index in [0.29, 0.717) is 28.4 Å². The fourth-order valence-electron chi connectivity index (χ4n) is 5.44. The number of aromatic nitrogens is 4. The number of aliphatic hydroxyl groups excluding tert-OH is 1. The lowest BCUT2D eigenvalue weighted by Crippen LogP contribution is -2.35. The molecule has 6 rings (SSSR count). The number of alkyl halides is 3. The number of carboxylic acids is 1. The lowest BCUT2D eigenvalue weighted by atomic mass is 10.1. The molecule has 1 aliphatic heterocycles. The molecule has 0 radical (unpaired) electrons. The molecule has 16 heteroatoms. The first-order valence-electron chi connectivity index (χ1n) is 15.3. The molecule has 0 spiro atoms. The minimum Gasteiger partial charge on any atom is -0.495 e. The molecule has 1 amide bonds. The Hall–Kier alpha value is -5.61. The fraction of sp³-hybridized carbons (Fsp3) is 0.265. The van der Waals surface area contributed by atoms with Crippen molar-refractivity contribution in [3.63, 3.8) is 0 Å². The van der Waals surface area contributed by atoms with Crippen LogP contribution >= 0.6 is 0 Å².